The third-order valence-corrected chi connectivity index (χ3v) is 4.58. The van der Waals surface area contributed by atoms with E-state index < -0.39 is 0 Å². The van der Waals surface area contributed by atoms with Gasteiger partial charge in [0, 0.05) is 49.8 Å². The van der Waals surface area contributed by atoms with Gasteiger partial charge in [-0.15, -0.1) is 0 Å². The Hall–Kier alpha value is -2.43. The molecule has 3 N–H and O–H groups in total. The molecule has 1 aromatic heterocycles. The predicted octanol–water partition coefficient (Wildman–Crippen LogP) is 4.28. The zero-order valence-electron chi connectivity index (χ0n) is 16.1. The molecule has 1 aliphatic heterocycles. The molecule has 2 aromatic rings. The number of piperidine rings is 1. The SMILES string of the molecule is CCCN(CC)c1ccnc(N)c1.Oc1ccc(N2CCCCC2)cc1. The minimum atomic E-state index is 0.348. The minimum absolute atomic E-state index is 0.348. The number of benzene rings is 1. The zero-order chi connectivity index (χ0) is 18.8. The number of hydrogen-bond acceptors (Lipinski definition) is 5. The summed E-state index contributed by atoms with van der Waals surface area (Å²) in [6.07, 6.45) is 6.84. The highest BCUT2D eigenvalue weighted by Crippen LogP contribution is 2.21. The number of phenolic OH excluding ortho intramolecular Hbond substituents is 1. The van der Waals surface area contributed by atoms with E-state index in [9.17, 15) is 0 Å². The van der Waals surface area contributed by atoms with E-state index in [0.717, 1.165) is 38.3 Å². The van der Waals surface area contributed by atoms with E-state index in [2.05, 4.69) is 28.6 Å². The molecule has 1 fully saturated rings. The molecule has 0 unspecified atom stereocenters. The molecule has 5 nitrogen and oxygen atoms in total. The summed E-state index contributed by atoms with van der Waals surface area (Å²) in [5, 5.41) is 9.14. The summed E-state index contributed by atoms with van der Waals surface area (Å²) in [4.78, 5) is 8.64. The molecule has 0 amide bonds. The predicted molar refractivity (Wildman–Crippen MR) is 111 cm³/mol. The van der Waals surface area contributed by atoms with Crippen LogP contribution in [0.1, 0.15) is 39.5 Å². The first-order chi connectivity index (χ1) is 12.6. The lowest BCUT2D eigenvalue weighted by Gasteiger charge is -2.28. The number of nitrogen functional groups attached to an aromatic ring is 1. The number of aromatic nitrogens is 1. The third kappa shape index (κ3) is 6.14. The lowest BCUT2D eigenvalue weighted by Crippen LogP contribution is -2.29. The number of hydrogen-bond donors (Lipinski definition) is 2. The maximum absolute atomic E-state index is 9.14. The van der Waals surface area contributed by atoms with Crippen molar-refractivity contribution in [2.75, 3.05) is 41.7 Å². The van der Waals surface area contributed by atoms with Gasteiger partial charge >= 0.3 is 0 Å². The normalized spacial score (nSPS) is 13.7. The molecule has 0 radical (unpaired) electrons. The van der Waals surface area contributed by atoms with Crippen molar-refractivity contribution in [3.05, 3.63) is 42.6 Å². The zero-order valence-corrected chi connectivity index (χ0v) is 16.1. The maximum Gasteiger partial charge on any atom is 0.125 e. The summed E-state index contributed by atoms with van der Waals surface area (Å²) in [7, 11) is 0. The molecule has 5 heteroatoms. The topological polar surface area (TPSA) is 65.6 Å². The summed E-state index contributed by atoms with van der Waals surface area (Å²) >= 11 is 0. The number of nitrogens with zero attached hydrogens (tertiary/aromatic N) is 3. The molecule has 3 rings (SSSR count). The van der Waals surface area contributed by atoms with Crippen molar-refractivity contribution < 1.29 is 5.11 Å². The molecule has 0 bridgehead atoms. The van der Waals surface area contributed by atoms with Crippen LogP contribution in [0.3, 0.4) is 0 Å². The molecule has 0 aliphatic carbocycles. The molecule has 0 saturated carbocycles. The van der Waals surface area contributed by atoms with Crippen LogP contribution in [0.5, 0.6) is 5.75 Å². The van der Waals surface area contributed by atoms with E-state index in [1.54, 1.807) is 18.3 Å². The van der Waals surface area contributed by atoms with Crippen molar-refractivity contribution in [1.82, 2.24) is 4.98 Å². The lowest BCUT2D eigenvalue weighted by molar-refractivity contribution is 0.475. The lowest BCUT2D eigenvalue weighted by atomic mass is 10.1. The highest BCUT2D eigenvalue weighted by atomic mass is 16.3. The summed E-state index contributed by atoms with van der Waals surface area (Å²) < 4.78 is 0. The van der Waals surface area contributed by atoms with Gasteiger partial charge in [-0.25, -0.2) is 4.98 Å². The number of pyridine rings is 1. The van der Waals surface area contributed by atoms with Gasteiger partial charge in [0.25, 0.3) is 0 Å². The fraction of sp³-hybridized carbons (Fsp3) is 0.476. The van der Waals surface area contributed by atoms with Crippen molar-refractivity contribution >= 4 is 17.2 Å². The summed E-state index contributed by atoms with van der Waals surface area (Å²) in [5.74, 6) is 0.938. The highest BCUT2D eigenvalue weighted by Gasteiger charge is 2.10. The Morgan fingerprint density at radius 2 is 1.77 bits per heavy atom. The number of aromatic hydroxyl groups is 1. The molecular weight excluding hydrogens is 324 g/mol. The van der Waals surface area contributed by atoms with Gasteiger partial charge in [-0.2, -0.15) is 0 Å². The second-order valence-corrected chi connectivity index (χ2v) is 6.58. The molecule has 1 aromatic carbocycles. The van der Waals surface area contributed by atoms with Crippen LogP contribution < -0.4 is 15.5 Å². The molecule has 1 saturated heterocycles. The van der Waals surface area contributed by atoms with Crippen LogP contribution in [0.15, 0.2) is 42.6 Å². The second kappa shape index (κ2) is 10.5. The quantitative estimate of drug-likeness (QED) is 0.837. The van der Waals surface area contributed by atoms with Gasteiger partial charge in [0.15, 0.2) is 0 Å². The van der Waals surface area contributed by atoms with Crippen molar-refractivity contribution in [2.24, 2.45) is 0 Å². The molecule has 1 aliphatic rings. The number of phenols is 1. The van der Waals surface area contributed by atoms with Crippen molar-refractivity contribution in [2.45, 2.75) is 39.5 Å². The van der Waals surface area contributed by atoms with Gasteiger partial charge in [-0.1, -0.05) is 6.92 Å². The number of nitrogens with two attached hydrogens (primary N) is 1. The Kier molecular flexibility index (Phi) is 8.06. The van der Waals surface area contributed by atoms with Gasteiger partial charge < -0.3 is 20.6 Å². The van der Waals surface area contributed by atoms with Crippen LogP contribution in [0.25, 0.3) is 0 Å². The van der Waals surface area contributed by atoms with Gasteiger partial charge in [-0.3, -0.25) is 0 Å². The van der Waals surface area contributed by atoms with E-state index in [-0.39, 0.29) is 0 Å². The monoisotopic (exact) mass is 356 g/mol. The Morgan fingerprint density at radius 3 is 2.35 bits per heavy atom. The smallest absolute Gasteiger partial charge is 0.125 e. The fourth-order valence-corrected chi connectivity index (χ4v) is 3.19. The van der Waals surface area contributed by atoms with E-state index in [4.69, 9.17) is 10.8 Å². The number of rotatable bonds is 5. The average Bonchev–Trinajstić information content (AvgIpc) is 2.68. The largest absolute Gasteiger partial charge is 0.508 e. The van der Waals surface area contributed by atoms with Crippen molar-refractivity contribution in [3.63, 3.8) is 0 Å². The summed E-state index contributed by atoms with van der Waals surface area (Å²) in [6.45, 7) is 8.71. The minimum Gasteiger partial charge on any atom is -0.508 e. The van der Waals surface area contributed by atoms with Crippen molar-refractivity contribution in [1.29, 1.82) is 0 Å². The standard InChI is InChI=1S/C11H15NO.C10H17N3/c13-11-6-4-10(5-7-11)12-8-2-1-3-9-12;1-3-7-13(4-2)9-5-6-12-10(11)8-9/h4-7,13H,1-3,8-9H2;5-6,8H,3-4,7H2,1-2H3,(H2,11,12). The van der Waals surface area contributed by atoms with Gasteiger partial charge in [-0.05, 0) is 62.9 Å². The van der Waals surface area contributed by atoms with Gasteiger partial charge in [0.2, 0.25) is 0 Å². The van der Waals surface area contributed by atoms with Crippen LogP contribution in [0.2, 0.25) is 0 Å². The first kappa shape index (κ1) is 19.9. The molecule has 2 heterocycles. The summed E-state index contributed by atoms with van der Waals surface area (Å²) in [6, 6.07) is 11.4. The van der Waals surface area contributed by atoms with E-state index in [1.165, 1.54) is 24.9 Å². The average molecular weight is 357 g/mol. The number of anilines is 3. The maximum atomic E-state index is 9.14. The van der Waals surface area contributed by atoms with Crippen LogP contribution in [-0.2, 0) is 0 Å². The highest BCUT2D eigenvalue weighted by molar-refractivity contribution is 5.52. The van der Waals surface area contributed by atoms with Crippen LogP contribution in [-0.4, -0.2) is 36.3 Å². The first-order valence-electron chi connectivity index (χ1n) is 9.64. The molecule has 142 valence electrons. The van der Waals surface area contributed by atoms with Crippen LogP contribution >= 0.6 is 0 Å². The van der Waals surface area contributed by atoms with Crippen LogP contribution in [0.4, 0.5) is 17.2 Å². The van der Waals surface area contributed by atoms with E-state index in [1.807, 2.05) is 24.3 Å². The Labute approximate surface area is 157 Å². The fourth-order valence-electron chi connectivity index (χ4n) is 3.19. The Bertz CT molecular complexity index is 639. The summed E-state index contributed by atoms with van der Waals surface area (Å²) in [5.41, 5.74) is 8.01. The second-order valence-electron chi connectivity index (χ2n) is 6.58. The van der Waals surface area contributed by atoms with Gasteiger partial charge in [0.05, 0.1) is 0 Å². The first-order valence-corrected chi connectivity index (χ1v) is 9.64. The Morgan fingerprint density at radius 1 is 1.08 bits per heavy atom. The molecular formula is C21H32N4O. The Balaban J connectivity index is 0.000000187. The molecule has 0 atom stereocenters. The van der Waals surface area contributed by atoms with E-state index in [0.29, 0.717) is 11.6 Å². The molecule has 0 spiro atoms. The van der Waals surface area contributed by atoms with Crippen molar-refractivity contribution in [3.8, 4) is 5.75 Å². The van der Waals surface area contributed by atoms with Gasteiger partial charge in [0.1, 0.15) is 11.6 Å². The van der Waals surface area contributed by atoms with Crippen LogP contribution in [0, 0.1) is 0 Å². The van der Waals surface area contributed by atoms with E-state index >= 15 is 0 Å². The molecule has 26 heavy (non-hydrogen) atoms. The third-order valence-electron chi connectivity index (χ3n) is 4.58.